The maximum atomic E-state index is 12.6. The number of nitrogens with one attached hydrogen (secondary N) is 1. The van der Waals surface area contributed by atoms with Gasteiger partial charge in [0.1, 0.15) is 10.6 Å². The minimum atomic E-state index is -0.822. The van der Waals surface area contributed by atoms with E-state index in [1.54, 1.807) is 41.8 Å². The molecule has 1 aromatic heterocycles. The van der Waals surface area contributed by atoms with Crippen molar-refractivity contribution < 1.29 is 23.9 Å². The van der Waals surface area contributed by atoms with Crippen molar-refractivity contribution in [3.8, 4) is 5.75 Å². The lowest BCUT2D eigenvalue weighted by Crippen LogP contribution is -2.51. The van der Waals surface area contributed by atoms with Crippen molar-refractivity contribution in [2.45, 2.75) is 6.10 Å². The van der Waals surface area contributed by atoms with Gasteiger partial charge >= 0.3 is 5.97 Å². The molecule has 0 spiro atoms. The monoisotopic (exact) mass is 360 g/mol. The Morgan fingerprint density at radius 1 is 1.28 bits per heavy atom. The third-order valence-electron chi connectivity index (χ3n) is 3.66. The quantitative estimate of drug-likeness (QED) is 0.834. The summed E-state index contributed by atoms with van der Waals surface area (Å²) in [6, 6.07) is 10.3. The van der Waals surface area contributed by atoms with E-state index in [0.29, 0.717) is 16.3 Å². The van der Waals surface area contributed by atoms with E-state index in [4.69, 9.17) is 9.47 Å². The Labute approximate surface area is 148 Å². The molecule has 1 aromatic carbocycles. The van der Waals surface area contributed by atoms with Crippen molar-refractivity contribution in [2.75, 3.05) is 25.1 Å². The van der Waals surface area contributed by atoms with Crippen LogP contribution in [0.15, 0.2) is 41.8 Å². The second-order valence-corrected chi connectivity index (χ2v) is 6.19. The number of thiophene rings is 1. The molecule has 2 aromatic rings. The standard InChI is InChI=1S/C17H16N2O5S/c1-18-16(21)13-9-19(11-5-2-3-6-12(11)24-13)15(20)10-23-17(22)14-7-4-8-25-14/h2-8,13H,9-10H2,1H3,(H,18,21). The Hall–Kier alpha value is -2.87. The molecule has 0 aliphatic carbocycles. The van der Waals surface area contributed by atoms with Crippen LogP contribution in [0.1, 0.15) is 9.67 Å². The van der Waals surface area contributed by atoms with E-state index >= 15 is 0 Å². The van der Waals surface area contributed by atoms with Crippen molar-refractivity contribution in [3.05, 3.63) is 46.7 Å². The average Bonchev–Trinajstić information content (AvgIpc) is 3.19. The Balaban J connectivity index is 1.74. The zero-order valence-corrected chi connectivity index (χ0v) is 14.2. The van der Waals surface area contributed by atoms with Crippen LogP contribution in [-0.2, 0) is 14.3 Å². The summed E-state index contributed by atoms with van der Waals surface area (Å²) in [5.74, 6) is -0.870. The minimum Gasteiger partial charge on any atom is -0.477 e. The molecule has 0 fully saturated rings. The number of likely N-dealkylation sites (N-methyl/N-ethyl adjacent to an activating group) is 1. The normalized spacial score (nSPS) is 15.7. The number of hydrogen-bond acceptors (Lipinski definition) is 6. The van der Waals surface area contributed by atoms with Gasteiger partial charge in [0.2, 0.25) is 0 Å². The van der Waals surface area contributed by atoms with Crippen LogP contribution in [0.3, 0.4) is 0 Å². The van der Waals surface area contributed by atoms with Gasteiger partial charge in [-0.1, -0.05) is 18.2 Å². The van der Waals surface area contributed by atoms with Gasteiger partial charge in [-0.05, 0) is 23.6 Å². The summed E-state index contributed by atoms with van der Waals surface area (Å²) in [7, 11) is 1.50. The van der Waals surface area contributed by atoms with Gasteiger partial charge in [-0.3, -0.25) is 9.59 Å². The lowest BCUT2D eigenvalue weighted by molar-refractivity contribution is -0.128. The molecule has 130 valence electrons. The van der Waals surface area contributed by atoms with Crippen molar-refractivity contribution in [1.82, 2.24) is 5.32 Å². The van der Waals surface area contributed by atoms with Gasteiger partial charge in [0.25, 0.3) is 11.8 Å². The first-order valence-electron chi connectivity index (χ1n) is 7.58. The Morgan fingerprint density at radius 3 is 2.80 bits per heavy atom. The topological polar surface area (TPSA) is 84.9 Å². The van der Waals surface area contributed by atoms with Gasteiger partial charge in [0.05, 0.1) is 12.2 Å². The molecule has 0 radical (unpaired) electrons. The molecule has 1 atom stereocenters. The van der Waals surface area contributed by atoms with Crippen LogP contribution in [0.25, 0.3) is 0 Å². The van der Waals surface area contributed by atoms with E-state index in [1.807, 2.05) is 0 Å². The van der Waals surface area contributed by atoms with E-state index in [9.17, 15) is 14.4 Å². The predicted octanol–water partition coefficient (Wildman–Crippen LogP) is 1.45. The van der Waals surface area contributed by atoms with Crippen LogP contribution in [0, 0.1) is 0 Å². The minimum absolute atomic E-state index is 0.0477. The summed E-state index contributed by atoms with van der Waals surface area (Å²) in [6.45, 7) is -0.363. The van der Waals surface area contributed by atoms with Crippen LogP contribution in [0.4, 0.5) is 5.69 Å². The number of carbonyl (C=O) groups is 3. The number of fused-ring (bicyclic) bond motifs is 1. The summed E-state index contributed by atoms with van der Waals surface area (Å²) < 4.78 is 10.7. The number of ether oxygens (including phenoxy) is 2. The van der Waals surface area contributed by atoms with E-state index in [1.165, 1.54) is 23.3 Å². The summed E-state index contributed by atoms with van der Waals surface area (Å²) in [5, 5.41) is 4.26. The Morgan fingerprint density at radius 2 is 2.08 bits per heavy atom. The summed E-state index contributed by atoms with van der Waals surface area (Å²) in [5.41, 5.74) is 0.542. The first kappa shape index (κ1) is 17.0. The molecule has 0 bridgehead atoms. The molecule has 2 heterocycles. The van der Waals surface area contributed by atoms with Crippen molar-refractivity contribution in [1.29, 1.82) is 0 Å². The molecular weight excluding hydrogens is 344 g/mol. The molecule has 8 heteroatoms. The van der Waals surface area contributed by atoms with Crippen LogP contribution >= 0.6 is 11.3 Å². The maximum Gasteiger partial charge on any atom is 0.348 e. The van der Waals surface area contributed by atoms with Crippen molar-refractivity contribution >= 4 is 34.8 Å². The molecule has 1 aliphatic heterocycles. The van der Waals surface area contributed by atoms with Crippen LogP contribution in [0.5, 0.6) is 5.75 Å². The number of amides is 2. The van der Waals surface area contributed by atoms with Crippen molar-refractivity contribution in [3.63, 3.8) is 0 Å². The fraction of sp³-hybridized carbons (Fsp3) is 0.235. The smallest absolute Gasteiger partial charge is 0.348 e. The number of rotatable bonds is 4. The van der Waals surface area contributed by atoms with Gasteiger partial charge in [-0.2, -0.15) is 0 Å². The second kappa shape index (κ2) is 7.35. The number of para-hydroxylation sites is 2. The number of benzene rings is 1. The molecule has 0 saturated carbocycles. The second-order valence-electron chi connectivity index (χ2n) is 5.25. The van der Waals surface area contributed by atoms with Crippen molar-refractivity contribution in [2.24, 2.45) is 0 Å². The number of esters is 1. The number of nitrogens with zero attached hydrogens (tertiary/aromatic N) is 1. The largest absolute Gasteiger partial charge is 0.477 e. The Kier molecular flexibility index (Phi) is 4.99. The highest BCUT2D eigenvalue weighted by atomic mass is 32.1. The lowest BCUT2D eigenvalue weighted by Gasteiger charge is -2.33. The number of anilines is 1. The van der Waals surface area contributed by atoms with E-state index in [0.717, 1.165) is 0 Å². The Bertz CT molecular complexity index is 790. The highest BCUT2D eigenvalue weighted by Crippen LogP contribution is 2.33. The lowest BCUT2D eigenvalue weighted by atomic mass is 10.1. The zero-order chi connectivity index (χ0) is 17.8. The van der Waals surface area contributed by atoms with E-state index < -0.39 is 24.6 Å². The zero-order valence-electron chi connectivity index (χ0n) is 13.4. The average molecular weight is 360 g/mol. The molecule has 25 heavy (non-hydrogen) atoms. The maximum absolute atomic E-state index is 12.6. The SMILES string of the molecule is CNC(=O)C1CN(C(=O)COC(=O)c2cccs2)c2ccccc2O1. The fourth-order valence-corrected chi connectivity index (χ4v) is 3.06. The van der Waals surface area contributed by atoms with Crippen LogP contribution in [-0.4, -0.2) is 44.1 Å². The van der Waals surface area contributed by atoms with Gasteiger partial charge in [-0.15, -0.1) is 11.3 Å². The third kappa shape index (κ3) is 3.63. The molecule has 7 nitrogen and oxygen atoms in total. The predicted molar refractivity (Wildman–Crippen MR) is 91.9 cm³/mol. The first-order chi connectivity index (χ1) is 12.1. The highest BCUT2D eigenvalue weighted by molar-refractivity contribution is 7.11. The number of carbonyl (C=O) groups excluding carboxylic acids is 3. The van der Waals surface area contributed by atoms with E-state index in [2.05, 4.69) is 5.32 Å². The van der Waals surface area contributed by atoms with Crippen LogP contribution in [0.2, 0.25) is 0 Å². The van der Waals surface area contributed by atoms with Crippen LogP contribution < -0.4 is 15.0 Å². The molecule has 1 N–H and O–H groups in total. The fourth-order valence-electron chi connectivity index (χ4n) is 2.44. The molecule has 2 amide bonds. The first-order valence-corrected chi connectivity index (χ1v) is 8.46. The molecule has 0 saturated heterocycles. The summed E-state index contributed by atoms with van der Waals surface area (Å²) >= 11 is 1.24. The summed E-state index contributed by atoms with van der Waals surface area (Å²) in [6.07, 6.45) is -0.822. The van der Waals surface area contributed by atoms with Gasteiger partial charge < -0.3 is 19.7 Å². The molecular formula is C17H16N2O5S. The van der Waals surface area contributed by atoms with E-state index in [-0.39, 0.29) is 12.5 Å². The van der Waals surface area contributed by atoms with Gasteiger partial charge in [-0.25, -0.2) is 4.79 Å². The number of hydrogen-bond donors (Lipinski definition) is 1. The summed E-state index contributed by atoms with van der Waals surface area (Å²) in [4.78, 5) is 38.2. The van der Waals surface area contributed by atoms with Gasteiger partial charge in [0.15, 0.2) is 12.7 Å². The highest BCUT2D eigenvalue weighted by Gasteiger charge is 2.33. The van der Waals surface area contributed by atoms with Gasteiger partial charge in [0, 0.05) is 7.05 Å². The molecule has 1 unspecified atom stereocenters. The molecule has 3 rings (SSSR count). The molecule has 1 aliphatic rings. The third-order valence-corrected chi connectivity index (χ3v) is 4.51.